The average Bonchev–Trinajstić information content (AvgIpc) is 3.06. The quantitative estimate of drug-likeness (QED) is 0.0360. The van der Waals surface area contributed by atoms with Crippen molar-refractivity contribution in [1.82, 2.24) is 21.3 Å². The highest BCUT2D eigenvalue weighted by atomic mass is 16.7. The summed E-state index contributed by atoms with van der Waals surface area (Å²) in [7, 11) is 1.45. The SMILES string of the molecule is CNC(=O)OCc1ccc(OC(=O)OCc2ccc(NC(=O)[C@H](CCCNC(N)=O)NC(=O)[C@@H](NC(=O)CN=[N+]=[N-])C(C)C)cc2)cc1. The molecule has 0 saturated carbocycles. The van der Waals surface area contributed by atoms with Gasteiger partial charge in [-0.1, -0.05) is 43.2 Å². The number of nitrogens with two attached hydrogens (primary N) is 1. The number of hydrogen-bond acceptors (Lipinski definition) is 10. The van der Waals surface area contributed by atoms with Gasteiger partial charge in [-0.3, -0.25) is 14.4 Å². The van der Waals surface area contributed by atoms with E-state index >= 15 is 0 Å². The second kappa shape index (κ2) is 20.2. The lowest BCUT2D eigenvalue weighted by molar-refractivity contribution is -0.131. The number of carbonyl (C=O) groups is 6. The molecule has 0 heterocycles. The predicted molar refractivity (Wildman–Crippen MR) is 171 cm³/mol. The molecule has 258 valence electrons. The molecule has 2 atom stereocenters. The molecule has 48 heavy (non-hydrogen) atoms. The van der Waals surface area contributed by atoms with Crippen LogP contribution < -0.4 is 37.1 Å². The molecule has 18 nitrogen and oxygen atoms in total. The van der Waals surface area contributed by atoms with E-state index in [0.717, 1.165) is 0 Å². The first-order valence-electron chi connectivity index (χ1n) is 14.7. The van der Waals surface area contributed by atoms with Crippen LogP contribution in [0.1, 0.15) is 37.8 Å². The third-order valence-electron chi connectivity index (χ3n) is 6.42. The zero-order valence-corrected chi connectivity index (χ0v) is 26.7. The summed E-state index contributed by atoms with van der Waals surface area (Å²) in [4.78, 5) is 75.3. The van der Waals surface area contributed by atoms with Gasteiger partial charge in [-0.15, -0.1) is 0 Å². The predicted octanol–water partition coefficient (Wildman–Crippen LogP) is 2.58. The number of hydrogen-bond donors (Lipinski definition) is 6. The summed E-state index contributed by atoms with van der Waals surface area (Å²) >= 11 is 0. The number of nitrogens with zero attached hydrogens (tertiary/aromatic N) is 3. The van der Waals surface area contributed by atoms with Crippen molar-refractivity contribution < 1.29 is 43.0 Å². The Morgan fingerprint density at radius 3 is 2.10 bits per heavy atom. The molecule has 0 aliphatic carbocycles. The Balaban J connectivity index is 1.97. The number of amides is 6. The normalized spacial score (nSPS) is 11.5. The molecule has 0 spiro atoms. The third kappa shape index (κ3) is 14.4. The van der Waals surface area contributed by atoms with Gasteiger partial charge in [-0.05, 0) is 59.7 Å². The van der Waals surface area contributed by atoms with Crippen molar-refractivity contribution in [3.05, 3.63) is 70.1 Å². The number of urea groups is 1. The van der Waals surface area contributed by atoms with E-state index < -0.39 is 54.6 Å². The van der Waals surface area contributed by atoms with E-state index in [0.29, 0.717) is 23.2 Å². The second-order valence-corrected chi connectivity index (χ2v) is 10.5. The molecule has 0 aliphatic rings. The maximum absolute atomic E-state index is 13.2. The number of rotatable bonds is 17. The molecular formula is C30H39N9O9. The average molecular weight is 670 g/mol. The fourth-order valence-electron chi connectivity index (χ4n) is 3.95. The Labute approximate surface area is 276 Å². The molecule has 6 amide bonds. The molecule has 0 saturated heterocycles. The van der Waals surface area contributed by atoms with Crippen LogP contribution in [0.4, 0.5) is 20.1 Å². The lowest BCUT2D eigenvalue weighted by atomic mass is 10.0. The number of primary amides is 1. The molecule has 0 aliphatic heterocycles. The van der Waals surface area contributed by atoms with Crippen LogP contribution in [-0.4, -0.2) is 68.2 Å². The highest BCUT2D eigenvalue weighted by Gasteiger charge is 2.28. The molecule has 0 radical (unpaired) electrons. The van der Waals surface area contributed by atoms with E-state index in [4.69, 9.17) is 25.5 Å². The standard InChI is InChI=1S/C30H39N9O9/c1-18(2)25(38-24(40)15-35-39-32)27(42)37-23(5-4-14-34-28(31)43)26(41)36-21-10-6-19(7-11-21)17-47-30(45)48-22-12-8-20(9-13-22)16-46-29(44)33-3/h6-13,18,23,25H,4-5,14-17H2,1-3H3,(H,33,44)(H,36,41)(H,37,42)(H,38,40)(H3,31,34,43)/t23-,25-/m0/s1. The van der Waals surface area contributed by atoms with Crippen LogP contribution in [0.3, 0.4) is 0 Å². The molecule has 7 N–H and O–H groups in total. The van der Waals surface area contributed by atoms with Gasteiger partial charge in [0.05, 0.1) is 0 Å². The van der Waals surface area contributed by atoms with Gasteiger partial charge in [0.25, 0.3) is 0 Å². The number of ether oxygens (including phenoxy) is 3. The van der Waals surface area contributed by atoms with E-state index in [1.807, 2.05) is 0 Å². The Morgan fingerprint density at radius 2 is 1.52 bits per heavy atom. The van der Waals surface area contributed by atoms with Gasteiger partial charge in [0.2, 0.25) is 17.7 Å². The third-order valence-corrected chi connectivity index (χ3v) is 6.42. The maximum Gasteiger partial charge on any atom is 0.514 e. The lowest BCUT2D eigenvalue weighted by Gasteiger charge is -2.25. The monoisotopic (exact) mass is 669 g/mol. The number of benzene rings is 2. The number of alkyl carbamates (subject to hydrolysis) is 1. The van der Waals surface area contributed by atoms with Gasteiger partial charge in [-0.25, -0.2) is 14.4 Å². The smallest absolute Gasteiger partial charge is 0.445 e. The fraction of sp³-hybridized carbons (Fsp3) is 0.400. The Bertz CT molecular complexity index is 1460. The van der Waals surface area contributed by atoms with Gasteiger partial charge in [0.15, 0.2) is 0 Å². The van der Waals surface area contributed by atoms with Crippen LogP contribution in [-0.2, 0) is 37.1 Å². The van der Waals surface area contributed by atoms with Crippen LogP contribution in [0.2, 0.25) is 0 Å². The molecule has 0 bridgehead atoms. The van der Waals surface area contributed by atoms with Crippen LogP contribution in [0.25, 0.3) is 10.4 Å². The van der Waals surface area contributed by atoms with E-state index in [9.17, 15) is 28.8 Å². The van der Waals surface area contributed by atoms with Crippen LogP contribution >= 0.6 is 0 Å². The molecule has 18 heteroatoms. The summed E-state index contributed by atoms with van der Waals surface area (Å²) in [5.74, 6) is -2.00. The van der Waals surface area contributed by atoms with Crippen molar-refractivity contribution in [2.24, 2.45) is 16.8 Å². The van der Waals surface area contributed by atoms with Gasteiger partial charge in [0, 0.05) is 24.2 Å². The van der Waals surface area contributed by atoms with Gasteiger partial charge >= 0.3 is 18.3 Å². The maximum atomic E-state index is 13.2. The summed E-state index contributed by atoms with van der Waals surface area (Å²) in [6.07, 6.45) is -1.10. The Kier molecular flexibility index (Phi) is 16.0. The van der Waals surface area contributed by atoms with E-state index in [-0.39, 0.29) is 37.8 Å². The van der Waals surface area contributed by atoms with Crippen LogP contribution in [0.5, 0.6) is 5.75 Å². The minimum Gasteiger partial charge on any atom is -0.445 e. The summed E-state index contributed by atoms with van der Waals surface area (Å²) in [5, 5.41) is 15.8. The summed E-state index contributed by atoms with van der Waals surface area (Å²) < 4.78 is 15.3. The summed E-state index contributed by atoms with van der Waals surface area (Å²) in [6.45, 7) is 2.97. The van der Waals surface area contributed by atoms with Gasteiger partial charge in [-0.2, -0.15) is 0 Å². The van der Waals surface area contributed by atoms with Crippen LogP contribution in [0.15, 0.2) is 53.6 Å². The van der Waals surface area contributed by atoms with Crippen molar-refractivity contribution in [2.75, 3.05) is 25.5 Å². The molecule has 2 aromatic carbocycles. The van der Waals surface area contributed by atoms with Crippen molar-refractivity contribution in [3.63, 3.8) is 0 Å². The van der Waals surface area contributed by atoms with Crippen molar-refractivity contribution in [1.29, 1.82) is 0 Å². The summed E-state index contributed by atoms with van der Waals surface area (Å²) in [5.41, 5.74) is 15.2. The highest BCUT2D eigenvalue weighted by molar-refractivity contribution is 5.98. The zero-order chi connectivity index (χ0) is 35.5. The van der Waals surface area contributed by atoms with Crippen molar-refractivity contribution in [3.8, 4) is 5.75 Å². The van der Waals surface area contributed by atoms with Crippen LogP contribution in [0, 0.1) is 5.92 Å². The fourth-order valence-corrected chi connectivity index (χ4v) is 3.95. The first-order chi connectivity index (χ1) is 22.9. The number of anilines is 1. The second-order valence-electron chi connectivity index (χ2n) is 10.5. The Hall–Kier alpha value is -6.03. The van der Waals surface area contributed by atoms with Gasteiger partial charge < -0.3 is 46.5 Å². The van der Waals surface area contributed by atoms with Crippen molar-refractivity contribution >= 4 is 41.7 Å². The molecular weight excluding hydrogens is 630 g/mol. The van der Waals surface area contributed by atoms with Crippen molar-refractivity contribution in [2.45, 2.75) is 52.0 Å². The highest BCUT2D eigenvalue weighted by Crippen LogP contribution is 2.16. The molecule has 0 fully saturated rings. The van der Waals surface area contributed by atoms with E-state index in [1.165, 1.54) is 19.2 Å². The number of carbonyl (C=O) groups excluding carboxylic acids is 6. The molecule has 2 aromatic rings. The van der Waals surface area contributed by atoms with E-state index in [2.05, 4.69) is 36.6 Å². The first kappa shape index (κ1) is 38.2. The molecule has 2 rings (SSSR count). The molecule has 0 aromatic heterocycles. The Morgan fingerprint density at radius 1 is 0.896 bits per heavy atom. The number of azide groups is 1. The van der Waals surface area contributed by atoms with E-state index in [1.54, 1.807) is 50.2 Å². The zero-order valence-electron chi connectivity index (χ0n) is 26.7. The minimum absolute atomic E-state index is 0.0457. The molecule has 0 unspecified atom stereocenters. The topological polar surface area (TPSA) is 265 Å². The first-order valence-corrected chi connectivity index (χ1v) is 14.7. The van der Waals surface area contributed by atoms with Gasteiger partial charge in [0.1, 0.15) is 37.6 Å². The lowest BCUT2D eigenvalue weighted by Crippen LogP contribution is -2.55. The largest absolute Gasteiger partial charge is 0.514 e. The minimum atomic E-state index is -1.06. The summed E-state index contributed by atoms with van der Waals surface area (Å²) in [6, 6.07) is 9.85. The number of nitrogens with one attached hydrogen (secondary N) is 5.